The highest BCUT2D eigenvalue weighted by Crippen LogP contribution is 2.14. The number of nitrogens with zero attached hydrogens (tertiary/aromatic N) is 1. The zero-order valence-corrected chi connectivity index (χ0v) is 10.4. The SMILES string of the molecule is CCOCC(C)Nc1nc(C)ccc1C(=O)O. The quantitative estimate of drug-likeness (QED) is 0.792. The summed E-state index contributed by atoms with van der Waals surface area (Å²) in [4.78, 5) is 15.2. The lowest BCUT2D eigenvalue weighted by Gasteiger charge is -2.16. The topological polar surface area (TPSA) is 71.5 Å². The molecular weight excluding hydrogens is 220 g/mol. The van der Waals surface area contributed by atoms with Crippen molar-refractivity contribution in [2.24, 2.45) is 0 Å². The second kappa shape index (κ2) is 6.20. The van der Waals surface area contributed by atoms with E-state index in [0.717, 1.165) is 5.69 Å². The van der Waals surface area contributed by atoms with Gasteiger partial charge in [-0.15, -0.1) is 0 Å². The first-order valence-electron chi connectivity index (χ1n) is 5.59. The van der Waals surface area contributed by atoms with Crippen LogP contribution in [0.4, 0.5) is 5.82 Å². The number of carboxylic acids is 1. The third-order valence-electron chi connectivity index (χ3n) is 2.22. The molecule has 5 nitrogen and oxygen atoms in total. The number of nitrogens with one attached hydrogen (secondary N) is 1. The molecule has 0 amide bonds. The zero-order chi connectivity index (χ0) is 12.8. The first kappa shape index (κ1) is 13.4. The molecule has 0 saturated carbocycles. The Morgan fingerprint density at radius 2 is 2.29 bits per heavy atom. The number of aryl methyl sites for hydroxylation is 1. The minimum Gasteiger partial charge on any atom is -0.478 e. The van der Waals surface area contributed by atoms with Crippen LogP contribution in [-0.2, 0) is 4.74 Å². The van der Waals surface area contributed by atoms with Crippen LogP contribution in [-0.4, -0.2) is 35.3 Å². The van der Waals surface area contributed by atoms with E-state index in [1.54, 1.807) is 12.1 Å². The Hall–Kier alpha value is -1.62. The molecule has 0 radical (unpaired) electrons. The summed E-state index contributed by atoms with van der Waals surface area (Å²) in [5, 5.41) is 12.1. The number of carboxylic acid groups (broad SMARTS) is 1. The van der Waals surface area contributed by atoms with Crippen LogP contribution in [0.5, 0.6) is 0 Å². The monoisotopic (exact) mass is 238 g/mol. The Kier molecular flexibility index (Phi) is 4.90. The number of carbonyl (C=O) groups is 1. The fourth-order valence-electron chi connectivity index (χ4n) is 1.41. The molecular formula is C12H18N2O3. The summed E-state index contributed by atoms with van der Waals surface area (Å²) in [6, 6.07) is 3.25. The minimum atomic E-state index is -0.983. The molecule has 5 heteroatoms. The van der Waals surface area contributed by atoms with Gasteiger partial charge < -0.3 is 15.2 Å². The van der Waals surface area contributed by atoms with Gasteiger partial charge in [0.1, 0.15) is 11.4 Å². The van der Waals surface area contributed by atoms with E-state index in [-0.39, 0.29) is 11.6 Å². The van der Waals surface area contributed by atoms with E-state index in [0.29, 0.717) is 19.0 Å². The van der Waals surface area contributed by atoms with E-state index in [2.05, 4.69) is 10.3 Å². The molecule has 1 heterocycles. The van der Waals surface area contributed by atoms with Crippen LogP contribution in [0.1, 0.15) is 29.9 Å². The summed E-state index contributed by atoms with van der Waals surface area (Å²) in [5.74, 6) is -0.590. The van der Waals surface area contributed by atoms with E-state index in [1.165, 1.54) is 0 Å². The molecule has 0 saturated heterocycles. The van der Waals surface area contributed by atoms with Crippen molar-refractivity contribution in [1.29, 1.82) is 0 Å². The molecule has 0 aliphatic rings. The maximum absolute atomic E-state index is 11.0. The number of pyridine rings is 1. The molecule has 1 aromatic rings. The van der Waals surface area contributed by atoms with E-state index in [4.69, 9.17) is 9.84 Å². The van der Waals surface area contributed by atoms with Gasteiger partial charge in [-0.1, -0.05) is 0 Å². The zero-order valence-electron chi connectivity index (χ0n) is 10.4. The van der Waals surface area contributed by atoms with Gasteiger partial charge in [-0.2, -0.15) is 0 Å². The molecule has 0 bridgehead atoms. The molecule has 1 unspecified atom stereocenters. The van der Waals surface area contributed by atoms with Crippen molar-refractivity contribution in [3.8, 4) is 0 Å². The summed E-state index contributed by atoms with van der Waals surface area (Å²) in [5.41, 5.74) is 0.958. The summed E-state index contributed by atoms with van der Waals surface area (Å²) in [7, 11) is 0. The maximum Gasteiger partial charge on any atom is 0.339 e. The van der Waals surface area contributed by atoms with Crippen molar-refractivity contribution in [3.05, 3.63) is 23.4 Å². The average molecular weight is 238 g/mol. The van der Waals surface area contributed by atoms with Crippen molar-refractivity contribution in [1.82, 2.24) is 4.98 Å². The molecule has 0 fully saturated rings. The molecule has 0 aromatic carbocycles. The van der Waals surface area contributed by atoms with Crippen LogP contribution in [0.3, 0.4) is 0 Å². The highest BCUT2D eigenvalue weighted by Gasteiger charge is 2.13. The number of aromatic nitrogens is 1. The molecule has 2 N–H and O–H groups in total. The number of hydrogen-bond acceptors (Lipinski definition) is 4. The van der Waals surface area contributed by atoms with Crippen LogP contribution in [0, 0.1) is 6.92 Å². The summed E-state index contributed by atoms with van der Waals surface area (Å²) in [6.45, 7) is 6.82. The first-order chi connectivity index (χ1) is 8.04. The summed E-state index contributed by atoms with van der Waals surface area (Å²) < 4.78 is 5.26. The molecule has 94 valence electrons. The second-order valence-electron chi connectivity index (χ2n) is 3.86. The van der Waals surface area contributed by atoms with E-state index < -0.39 is 5.97 Å². The van der Waals surface area contributed by atoms with Crippen LogP contribution in [0.25, 0.3) is 0 Å². The van der Waals surface area contributed by atoms with Gasteiger partial charge in [0, 0.05) is 18.3 Å². The van der Waals surface area contributed by atoms with Crippen molar-refractivity contribution in [2.75, 3.05) is 18.5 Å². The Morgan fingerprint density at radius 3 is 2.88 bits per heavy atom. The van der Waals surface area contributed by atoms with Crippen molar-refractivity contribution in [2.45, 2.75) is 26.8 Å². The van der Waals surface area contributed by atoms with Gasteiger partial charge >= 0.3 is 5.97 Å². The van der Waals surface area contributed by atoms with Gasteiger partial charge in [0.05, 0.1) is 6.61 Å². The highest BCUT2D eigenvalue weighted by molar-refractivity contribution is 5.93. The fourth-order valence-corrected chi connectivity index (χ4v) is 1.41. The lowest BCUT2D eigenvalue weighted by atomic mass is 10.2. The van der Waals surface area contributed by atoms with Crippen LogP contribution >= 0.6 is 0 Å². The Labute approximate surface area is 101 Å². The normalized spacial score (nSPS) is 12.2. The number of rotatable bonds is 6. The molecule has 17 heavy (non-hydrogen) atoms. The van der Waals surface area contributed by atoms with Gasteiger partial charge in [0.15, 0.2) is 0 Å². The standard InChI is InChI=1S/C12H18N2O3/c1-4-17-7-9(3)14-11-10(12(15)16)6-5-8(2)13-11/h5-6,9H,4,7H2,1-3H3,(H,13,14)(H,15,16). The highest BCUT2D eigenvalue weighted by atomic mass is 16.5. The van der Waals surface area contributed by atoms with E-state index in [1.807, 2.05) is 20.8 Å². The van der Waals surface area contributed by atoms with Gasteiger partial charge in [0.2, 0.25) is 0 Å². The van der Waals surface area contributed by atoms with Gasteiger partial charge in [-0.05, 0) is 32.9 Å². The largest absolute Gasteiger partial charge is 0.478 e. The predicted molar refractivity (Wildman–Crippen MR) is 65.5 cm³/mol. The van der Waals surface area contributed by atoms with Gasteiger partial charge in [-0.25, -0.2) is 9.78 Å². The molecule has 0 aliphatic carbocycles. The fraction of sp³-hybridized carbons (Fsp3) is 0.500. The number of ether oxygens (including phenoxy) is 1. The van der Waals surface area contributed by atoms with Crippen molar-refractivity contribution in [3.63, 3.8) is 0 Å². The van der Waals surface area contributed by atoms with Crippen LogP contribution < -0.4 is 5.32 Å². The van der Waals surface area contributed by atoms with Gasteiger partial charge in [0.25, 0.3) is 0 Å². The predicted octanol–water partition coefficient (Wildman–Crippen LogP) is 1.93. The molecule has 0 aliphatic heterocycles. The van der Waals surface area contributed by atoms with Gasteiger partial charge in [-0.3, -0.25) is 0 Å². The minimum absolute atomic E-state index is 0.0161. The maximum atomic E-state index is 11.0. The third kappa shape index (κ3) is 4.03. The van der Waals surface area contributed by atoms with Crippen molar-refractivity contribution < 1.29 is 14.6 Å². The Bertz CT molecular complexity index is 393. The lowest BCUT2D eigenvalue weighted by molar-refractivity contribution is 0.0697. The lowest BCUT2D eigenvalue weighted by Crippen LogP contribution is -2.24. The Morgan fingerprint density at radius 1 is 1.59 bits per heavy atom. The average Bonchev–Trinajstić information content (AvgIpc) is 2.26. The summed E-state index contributed by atoms with van der Waals surface area (Å²) in [6.07, 6.45) is 0. The smallest absolute Gasteiger partial charge is 0.339 e. The first-order valence-corrected chi connectivity index (χ1v) is 5.59. The Balaban J connectivity index is 2.81. The van der Waals surface area contributed by atoms with Crippen LogP contribution in [0.2, 0.25) is 0 Å². The third-order valence-corrected chi connectivity index (χ3v) is 2.22. The second-order valence-corrected chi connectivity index (χ2v) is 3.86. The molecule has 1 aromatic heterocycles. The summed E-state index contributed by atoms with van der Waals surface area (Å²) >= 11 is 0. The molecule has 1 atom stereocenters. The number of anilines is 1. The van der Waals surface area contributed by atoms with E-state index >= 15 is 0 Å². The van der Waals surface area contributed by atoms with Crippen molar-refractivity contribution >= 4 is 11.8 Å². The number of hydrogen-bond donors (Lipinski definition) is 2. The van der Waals surface area contributed by atoms with Crippen LogP contribution in [0.15, 0.2) is 12.1 Å². The number of aromatic carboxylic acids is 1. The molecule has 0 spiro atoms. The molecule has 1 rings (SSSR count). The van der Waals surface area contributed by atoms with E-state index in [9.17, 15) is 4.79 Å².